The lowest BCUT2D eigenvalue weighted by Crippen LogP contribution is -2.40. The largest absolute Gasteiger partial charge is 0.497 e. The fourth-order valence-corrected chi connectivity index (χ4v) is 3.60. The smallest absolute Gasteiger partial charge is 0.244 e. The van der Waals surface area contributed by atoms with E-state index in [1.807, 2.05) is 62.4 Å². The Hall–Kier alpha value is -3.41. The molecule has 142 valence electrons. The van der Waals surface area contributed by atoms with Crippen molar-refractivity contribution in [2.24, 2.45) is 0 Å². The van der Waals surface area contributed by atoms with Gasteiger partial charge in [-0.1, -0.05) is 18.2 Å². The van der Waals surface area contributed by atoms with Crippen molar-refractivity contribution in [3.8, 4) is 5.75 Å². The van der Waals surface area contributed by atoms with Crippen LogP contribution in [0.2, 0.25) is 0 Å². The summed E-state index contributed by atoms with van der Waals surface area (Å²) in [5.74, 6) is 0.383. The summed E-state index contributed by atoms with van der Waals surface area (Å²) in [6.45, 7) is 3.72. The van der Waals surface area contributed by atoms with Gasteiger partial charge in [0.2, 0.25) is 11.8 Å². The van der Waals surface area contributed by atoms with Crippen molar-refractivity contribution in [3.63, 3.8) is 0 Å². The maximum Gasteiger partial charge on any atom is 0.244 e. The van der Waals surface area contributed by atoms with E-state index in [9.17, 15) is 9.59 Å². The number of para-hydroxylation sites is 1. The second-order valence-corrected chi connectivity index (χ2v) is 7.36. The van der Waals surface area contributed by atoms with Crippen LogP contribution < -0.4 is 15.0 Å². The second-order valence-electron chi connectivity index (χ2n) is 7.36. The first-order valence-corrected chi connectivity index (χ1v) is 9.05. The van der Waals surface area contributed by atoms with Crippen LogP contribution in [0.1, 0.15) is 19.4 Å². The molecule has 0 atom stereocenters. The van der Waals surface area contributed by atoms with Gasteiger partial charge in [0.1, 0.15) is 12.3 Å². The summed E-state index contributed by atoms with van der Waals surface area (Å²) in [6.07, 6.45) is 1.60. The Labute approximate surface area is 163 Å². The van der Waals surface area contributed by atoms with E-state index in [4.69, 9.17) is 4.74 Å². The molecule has 0 aliphatic carbocycles. The predicted octanol–water partition coefficient (Wildman–Crippen LogP) is 3.51. The molecule has 0 unspecified atom stereocenters. The van der Waals surface area contributed by atoms with Crippen LogP contribution in [-0.4, -0.2) is 30.5 Å². The first kappa shape index (κ1) is 18.0. The highest BCUT2D eigenvalue weighted by molar-refractivity contribution is 6.11. The zero-order valence-electron chi connectivity index (χ0n) is 16.0. The van der Waals surface area contributed by atoms with E-state index < -0.39 is 5.41 Å². The van der Waals surface area contributed by atoms with Gasteiger partial charge in [0.15, 0.2) is 0 Å². The number of carbonyl (C=O) groups is 2. The molecule has 1 aliphatic rings. The first-order valence-electron chi connectivity index (χ1n) is 9.05. The number of hydrogen-bond acceptors (Lipinski definition) is 4. The Balaban J connectivity index is 1.53. The van der Waals surface area contributed by atoms with Gasteiger partial charge >= 0.3 is 0 Å². The number of aromatic nitrogens is 1. The van der Waals surface area contributed by atoms with Crippen molar-refractivity contribution in [1.29, 1.82) is 0 Å². The van der Waals surface area contributed by atoms with E-state index >= 15 is 0 Å². The lowest BCUT2D eigenvalue weighted by Gasteiger charge is -2.20. The highest BCUT2D eigenvalue weighted by atomic mass is 16.5. The van der Waals surface area contributed by atoms with Crippen LogP contribution in [0, 0.1) is 0 Å². The fraction of sp³-hybridized carbons (Fsp3) is 0.227. The lowest BCUT2D eigenvalue weighted by atomic mass is 9.86. The third kappa shape index (κ3) is 2.97. The number of anilines is 2. The Bertz CT molecular complexity index is 1090. The van der Waals surface area contributed by atoms with Crippen LogP contribution in [0.25, 0.3) is 10.9 Å². The zero-order chi connectivity index (χ0) is 19.9. The van der Waals surface area contributed by atoms with Gasteiger partial charge in [0.05, 0.1) is 29.9 Å². The van der Waals surface area contributed by atoms with Crippen LogP contribution in [-0.2, 0) is 15.0 Å². The van der Waals surface area contributed by atoms with Crippen molar-refractivity contribution >= 4 is 34.1 Å². The van der Waals surface area contributed by atoms with Crippen molar-refractivity contribution in [2.75, 3.05) is 23.9 Å². The van der Waals surface area contributed by atoms with Crippen LogP contribution in [0.4, 0.5) is 11.4 Å². The number of benzene rings is 2. The average molecular weight is 375 g/mol. The molecule has 1 aliphatic heterocycles. The Morgan fingerprint density at radius 1 is 1.18 bits per heavy atom. The minimum atomic E-state index is -0.638. The minimum absolute atomic E-state index is 0.0417. The van der Waals surface area contributed by atoms with Crippen LogP contribution in [0.3, 0.4) is 0 Å². The van der Waals surface area contributed by atoms with Gasteiger partial charge in [-0.25, -0.2) is 0 Å². The van der Waals surface area contributed by atoms with E-state index in [0.717, 1.165) is 27.9 Å². The SMILES string of the molecule is COc1ccc2cc(NC(=O)CN3C(=O)C(C)(C)c4ccccc43)cnc2c1. The number of pyridine rings is 1. The molecule has 1 aromatic heterocycles. The summed E-state index contributed by atoms with van der Waals surface area (Å²) in [5, 5.41) is 3.73. The number of ether oxygens (including phenoxy) is 1. The van der Waals surface area contributed by atoms with Gasteiger partial charge in [-0.15, -0.1) is 0 Å². The molecule has 2 aromatic carbocycles. The Morgan fingerprint density at radius 2 is 1.96 bits per heavy atom. The standard InChI is InChI=1S/C22H21N3O3/c1-22(2)17-6-4-5-7-19(17)25(21(22)27)13-20(26)24-15-10-14-8-9-16(28-3)11-18(14)23-12-15/h4-12H,13H2,1-3H3,(H,24,26). The van der Waals surface area contributed by atoms with E-state index in [0.29, 0.717) is 5.69 Å². The maximum absolute atomic E-state index is 12.8. The molecule has 0 saturated heterocycles. The third-order valence-corrected chi connectivity index (χ3v) is 5.12. The summed E-state index contributed by atoms with van der Waals surface area (Å²) in [5.41, 5.74) is 2.45. The highest BCUT2D eigenvalue weighted by Crippen LogP contribution is 2.41. The van der Waals surface area contributed by atoms with Gasteiger partial charge in [-0.3, -0.25) is 14.6 Å². The van der Waals surface area contributed by atoms with E-state index in [-0.39, 0.29) is 18.4 Å². The lowest BCUT2D eigenvalue weighted by molar-refractivity contribution is -0.124. The molecular formula is C22H21N3O3. The fourth-order valence-electron chi connectivity index (χ4n) is 3.60. The first-order chi connectivity index (χ1) is 13.4. The van der Waals surface area contributed by atoms with Crippen molar-refractivity contribution in [1.82, 2.24) is 4.98 Å². The second kappa shape index (κ2) is 6.64. The Morgan fingerprint density at radius 3 is 2.75 bits per heavy atom. The summed E-state index contributed by atoms with van der Waals surface area (Å²) in [6, 6.07) is 15.0. The number of methoxy groups -OCH3 is 1. The van der Waals surface area contributed by atoms with Gasteiger partial charge < -0.3 is 15.0 Å². The van der Waals surface area contributed by atoms with Gasteiger partial charge in [-0.2, -0.15) is 0 Å². The molecule has 0 spiro atoms. The van der Waals surface area contributed by atoms with Crippen LogP contribution in [0.15, 0.2) is 54.7 Å². The summed E-state index contributed by atoms with van der Waals surface area (Å²) in [7, 11) is 1.61. The monoisotopic (exact) mass is 375 g/mol. The van der Waals surface area contributed by atoms with E-state index in [1.165, 1.54) is 0 Å². The van der Waals surface area contributed by atoms with E-state index in [1.54, 1.807) is 18.2 Å². The third-order valence-electron chi connectivity index (χ3n) is 5.12. The molecule has 0 fully saturated rings. The van der Waals surface area contributed by atoms with Crippen molar-refractivity contribution < 1.29 is 14.3 Å². The van der Waals surface area contributed by atoms with Gasteiger partial charge in [0.25, 0.3) is 0 Å². The number of hydrogen-bond donors (Lipinski definition) is 1. The molecule has 3 aromatic rings. The molecule has 0 saturated carbocycles. The molecule has 2 amide bonds. The number of nitrogens with zero attached hydrogens (tertiary/aromatic N) is 2. The number of carbonyl (C=O) groups excluding carboxylic acids is 2. The quantitative estimate of drug-likeness (QED) is 0.758. The molecule has 1 N–H and O–H groups in total. The average Bonchev–Trinajstić information content (AvgIpc) is 2.88. The highest BCUT2D eigenvalue weighted by Gasteiger charge is 2.44. The summed E-state index contributed by atoms with van der Waals surface area (Å²) >= 11 is 0. The van der Waals surface area contributed by atoms with Crippen LogP contribution in [0.5, 0.6) is 5.75 Å². The number of nitrogens with one attached hydrogen (secondary N) is 1. The van der Waals surface area contributed by atoms with E-state index in [2.05, 4.69) is 10.3 Å². The zero-order valence-corrected chi connectivity index (χ0v) is 16.0. The molecule has 4 rings (SSSR count). The molecule has 0 radical (unpaired) electrons. The van der Waals surface area contributed by atoms with Crippen LogP contribution >= 0.6 is 0 Å². The molecule has 6 heteroatoms. The number of fused-ring (bicyclic) bond motifs is 2. The predicted molar refractivity (Wildman–Crippen MR) is 109 cm³/mol. The topological polar surface area (TPSA) is 71.5 Å². The molecule has 0 bridgehead atoms. The molecular weight excluding hydrogens is 354 g/mol. The number of rotatable bonds is 4. The van der Waals surface area contributed by atoms with Crippen molar-refractivity contribution in [3.05, 3.63) is 60.3 Å². The minimum Gasteiger partial charge on any atom is -0.497 e. The molecule has 2 heterocycles. The van der Waals surface area contributed by atoms with Gasteiger partial charge in [-0.05, 0) is 43.7 Å². The normalized spacial score (nSPS) is 14.8. The number of amides is 2. The molecule has 28 heavy (non-hydrogen) atoms. The Kier molecular flexibility index (Phi) is 4.26. The summed E-state index contributed by atoms with van der Waals surface area (Å²) in [4.78, 5) is 31.4. The molecule has 6 nitrogen and oxygen atoms in total. The summed E-state index contributed by atoms with van der Waals surface area (Å²) < 4.78 is 5.20. The van der Waals surface area contributed by atoms with Gasteiger partial charge in [0, 0.05) is 17.1 Å². The van der Waals surface area contributed by atoms with Crippen molar-refractivity contribution in [2.45, 2.75) is 19.3 Å². The maximum atomic E-state index is 12.8.